The first-order chi connectivity index (χ1) is 18.5. The van der Waals surface area contributed by atoms with Crippen molar-refractivity contribution in [2.45, 2.75) is 70.2 Å². The van der Waals surface area contributed by atoms with E-state index in [0.717, 1.165) is 48.9 Å². The van der Waals surface area contributed by atoms with Crippen LogP contribution in [0, 0.1) is 0 Å². The minimum atomic E-state index is -0.802. The van der Waals surface area contributed by atoms with E-state index < -0.39 is 6.04 Å². The number of aromatic nitrogens is 3. The van der Waals surface area contributed by atoms with Gasteiger partial charge in [0, 0.05) is 26.3 Å². The van der Waals surface area contributed by atoms with E-state index in [1.165, 1.54) is 5.56 Å². The van der Waals surface area contributed by atoms with Crippen LogP contribution in [0.3, 0.4) is 0 Å². The van der Waals surface area contributed by atoms with E-state index in [9.17, 15) is 9.59 Å². The summed E-state index contributed by atoms with van der Waals surface area (Å²) in [6.07, 6.45) is 3.61. The van der Waals surface area contributed by atoms with Crippen LogP contribution in [0.15, 0.2) is 48.5 Å². The van der Waals surface area contributed by atoms with Crippen LogP contribution in [-0.2, 0) is 25.6 Å². The van der Waals surface area contributed by atoms with Crippen molar-refractivity contribution in [1.82, 2.24) is 25.2 Å². The van der Waals surface area contributed by atoms with Crippen LogP contribution < -0.4 is 5.32 Å². The third-order valence-electron chi connectivity index (χ3n) is 7.46. The molecule has 2 aliphatic heterocycles. The van der Waals surface area contributed by atoms with Crippen molar-refractivity contribution in [3.05, 3.63) is 59.7 Å². The standard InChI is InChI=1S/C29H37N5O4/c1-20(2)21-11-13-22(14-12-21)28(29(36)30-17-23-7-5-15-37-23)33(18-24-8-6-16-38-24)27(35)19-34-26-10-4-3-9-25(26)31-32-34/h3-4,9-14,20,23-24,28H,5-8,15-19H2,1-2H3,(H,30,36)/t23-,24-,28+/m0/s1. The Morgan fingerprint density at radius 1 is 1.00 bits per heavy atom. The number of carbonyl (C=O) groups is 2. The molecule has 1 N–H and O–H groups in total. The second-order valence-electron chi connectivity index (χ2n) is 10.5. The molecule has 0 bridgehead atoms. The monoisotopic (exact) mass is 519 g/mol. The van der Waals surface area contributed by atoms with Gasteiger partial charge in [-0.3, -0.25) is 9.59 Å². The number of nitrogens with one attached hydrogen (secondary N) is 1. The fraction of sp³-hybridized carbons (Fsp3) is 0.517. The average Bonchev–Trinajstić information content (AvgIpc) is 3.71. The molecule has 0 radical (unpaired) electrons. The molecule has 38 heavy (non-hydrogen) atoms. The van der Waals surface area contributed by atoms with Gasteiger partial charge in [0.2, 0.25) is 11.8 Å². The van der Waals surface area contributed by atoms with Crippen molar-refractivity contribution in [3.63, 3.8) is 0 Å². The largest absolute Gasteiger partial charge is 0.376 e. The molecule has 3 atom stereocenters. The molecule has 0 unspecified atom stereocenters. The lowest BCUT2D eigenvalue weighted by molar-refractivity contribution is -0.143. The van der Waals surface area contributed by atoms with Gasteiger partial charge in [0.25, 0.3) is 0 Å². The van der Waals surface area contributed by atoms with Gasteiger partial charge in [-0.1, -0.05) is 55.5 Å². The Morgan fingerprint density at radius 3 is 2.37 bits per heavy atom. The topological polar surface area (TPSA) is 98.6 Å². The maximum Gasteiger partial charge on any atom is 0.247 e. The summed E-state index contributed by atoms with van der Waals surface area (Å²) in [6.45, 7) is 6.39. The lowest BCUT2D eigenvalue weighted by Gasteiger charge is -2.33. The first-order valence-electron chi connectivity index (χ1n) is 13.7. The summed E-state index contributed by atoms with van der Waals surface area (Å²) >= 11 is 0. The van der Waals surface area contributed by atoms with Gasteiger partial charge in [-0.05, 0) is 54.9 Å². The molecule has 0 spiro atoms. The molecule has 3 heterocycles. The molecule has 2 amide bonds. The predicted octanol–water partition coefficient (Wildman–Crippen LogP) is 3.60. The fourth-order valence-electron chi connectivity index (χ4n) is 5.26. The third-order valence-corrected chi connectivity index (χ3v) is 7.46. The Bertz CT molecular complexity index is 1230. The highest BCUT2D eigenvalue weighted by atomic mass is 16.5. The predicted molar refractivity (Wildman–Crippen MR) is 143 cm³/mol. The maximum atomic E-state index is 14.0. The molecule has 5 rings (SSSR count). The summed E-state index contributed by atoms with van der Waals surface area (Å²) in [5.41, 5.74) is 3.45. The molecular formula is C29H37N5O4. The molecule has 0 saturated carbocycles. The van der Waals surface area contributed by atoms with E-state index in [1.807, 2.05) is 48.5 Å². The molecule has 9 nitrogen and oxygen atoms in total. The molecule has 0 aliphatic carbocycles. The Balaban J connectivity index is 1.46. The van der Waals surface area contributed by atoms with Gasteiger partial charge < -0.3 is 19.7 Å². The van der Waals surface area contributed by atoms with Crippen molar-refractivity contribution in [2.24, 2.45) is 0 Å². The fourth-order valence-corrected chi connectivity index (χ4v) is 5.26. The quantitative estimate of drug-likeness (QED) is 0.440. The smallest absolute Gasteiger partial charge is 0.247 e. The number of carbonyl (C=O) groups excluding carboxylic acids is 2. The highest BCUT2D eigenvalue weighted by Crippen LogP contribution is 2.27. The van der Waals surface area contributed by atoms with E-state index in [4.69, 9.17) is 9.47 Å². The van der Waals surface area contributed by atoms with E-state index in [2.05, 4.69) is 29.5 Å². The van der Waals surface area contributed by atoms with Crippen LogP contribution in [0.4, 0.5) is 0 Å². The minimum Gasteiger partial charge on any atom is -0.376 e. The summed E-state index contributed by atoms with van der Waals surface area (Å²) in [5, 5.41) is 11.5. The molecule has 2 aliphatic rings. The lowest BCUT2D eigenvalue weighted by Crippen LogP contribution is -2.48. The molecule has 1 aromatic heterocycles. The number of ether oxygens (including phenoxy) is 2. The number of amides is 2. The number of rotatable bonds is 10. The summed E-state index contributed by atoms with van der Waals surface area (Å²) in [4.78, 5) is 29.5. The number of benzene rings is 2. The zero-order valence-corrected chi connectivity index (χ0v) is 22.2. The SMILES string of the molecule is CC(C)c1ccc([C@H](C(=O)NC[C@@H]2CCCO2)N(C[C@@H]2CCCO2)C(=O)Cn2nnc3ccccc32)cc1. The van der Waals surface area contributed by atoms with Crippen molar-refractivity contribution < 1.29 is 19.1 Å². The number of para-hydroxylation sites is 1. The molecule has 202 valence electrons. The van der Waals surface area contributed by atoms with Gasteiger partial charge in [0.1, 0.15) is 18.1 Å². The maximum absolute atomic E-state index is 14.0. The van der Waals surface area contributed by atoms with Crippen molar-refractivity contribution in [3.8, 4) is 0 Å². The minimum absolute atomic E-state index is 0.00625. The van der Waals surface area contributed by atoms with Gasteiger partial charge >= 0.3 is 0 Å². The lowest BCUT2D eigenvalue weighted by atomic mass is 9.97. The van der Waals surface area contributed by atoms with Crippen LogP contribution in [-0.4, -0.2) is 70.2 Å². The zero-order chi connectivity index (χ0) is 26.5. The Labute approximate surface area is 223 Å². The first-order valence-corrected chi connectivity index (χ1v) is 13.7. The molecule has 2 fully saturated rings. The molecule has 9 heteroatoms. The molecule has 2 aromatic carbocycles. The van der Waals surface area contributed by atoms with Crippen LogP contribution in [0.5, 0.6) is 0 Å². The van der Waals surface area contributed by atoms with Crippen LogP contribution in [0.2, 0.25) is 0 Å². The normalized spacial score (nSPS) is 20.2. The summed E-state index contributed by atoms with van der Waals surface area (Å²) in [6, 6.07) is 14.8. The third kappa shape index (κ3) is 6.05. The second kappa shape index (κ2) is 12.0. The Kier molecular flexibility index (Phi) is 8.34. The van der Waals surface area contributed by atoms with Gasteiger partial charge in [0.05, 0.1) is 17.7 Å². The summed E-state index contributed by atoms with van der Waals surface area (Å²) in [5.74, 6) is -0.0602. The second-order valence-corrected chi connectivity index (χ2v) is 10.5. The number of nitrogens with zero attached hydrogens (tertiary/aromatic N) is 4. The van der Waals surface area contributed by atoms with Gasteiger partial charge in [0.15, 0.2) is 0 Å². The van der Waals surface area contributed by atoms with E-state index in [1.54, 1.807) is 9.58 Å². The van der Waals surface area contributed by atoms with E-state index in [0.29, 0.717) is 25.6 Å². The Morgan fingerprint density at radius 2 is 1.68 bits per heavy atom. The summed E-state index contributed by atoms with van der Waals surface area (Å²) < 4.78 is 13.2. The van der Waals surface area contributed by atoms with Crippen LogP contribution in [0.25, 0.3) is 11.0 Å². The number of hydrogen-bond donors (Lipinski definition) is 1. The van der Waals surface area contributed by atoms with Crippen LogP contribution >= 0.6 is 0 Å². The first kappa shape index (κ1) is 26.3. The number of hydrogen-bond acceptors (Lipinski definition) is 6. The Hall–Kier alpha value is -3.30. The van der Waals surface area contributed by atoms with Gasteiger partial charge in [-0.2, -0.15) is 0 Å². The van der Waals surface area contributed by atoms with E-state index in [-0.39, 0.29) is 30.6 Å². The van der Waals surface area contributed by atoms with Crippen molar-refractivity contribution in [1.29, 1.82) is 0 Å². The van der Waals surface area contributed by atoms with E-state index >= 15 is 0 Å². The molecular weight excluding hydrogens is 482 g/mol. The van der Waals surface area contributed by atoms with Gasteiger partial charge in [-0.15, -0.1) is 5.10 Å². The highest BCUT2D eigenvalue weighted by molar-refractivity contribution is 5.89. The molecule has 3 aromatic rings. The van der Waals surface area contributed by atoms with Crippen LogP contribution in [0.1, 0.15) is 62.6 Å². The number of fused-ring (bicyclic) bond motifs is 1. The summed E-state index contributed by atoms with van der Waals surface area (Å²) in [7, 11) is 0. The highest BCUT2D eigenvalue weighted by Gasteiger charge is 2.35. The van der Waals surface area contributed by atoms with Gasteiger partial charge in [-0.25, -0.2) is 4.68 Å². The average molecular weight is 520 g/mol. The molecule has 2 saturated heterocycles. The zero-order valence-electron chi connectivity index (χ0n) is 22.2. The van der Waals surface area contributed by atoms with Crippen molar-refractivity contribution in [2.75, 3.05) is 26.3 Å². The van der Waals surface area contributed by atoms with Crippen molar-refractivity contribution >= 4 is 22.8 Å².